The van der Waals surface area contributed by atoms with Gasteiger partial charge in [0.2, 0.25) is 0 Å². The number of hydrogen-bond donors (Lipinski definition) is 1. The molecule has 2 heterocycles. The fourth-order valence-electron chi connectivity index (χ4n) is 4.04. The summed E-state index contributed by atoms with van der Waals surface area (Å²) in [4.78, 5) is 8.39. The lowest BCUT2D eigenvalue weighted by Crippen LogP contribution is -2.28. The van der Waals surface area contributed by atoms with E-state index in [1.807, 2.05) is 42.5 Å². The van der Waals surface area contributed by atoms with E-state index in [-0.39, 0.29) is 29.2 Å². The van der Waals surface area contributed by atoms with Crippen molar-refractivity contribution in [3.05, 3.63) is 130 Å². The molecule has 0 saturated heterocycles. The van der Waals surface area contributed by atoms with Gasteiger partial charge in [-0.25, -0.2) is 5.01 Å². The minimum absolute atomic E-state index is 0.0391. The molecule has 1 aliphatic heterocycles. The summed E-state index contributed by atoms with van der Waals surface area (Å²) in [5.74, 6) is -0.314. The molecular formula is C28H22Cl2N6O2S. The van der Waals surface area contributed by atoms with Crippen molar-refractivity contribution in [2.75, 3.05) is 6.54 Å². The fraction of sp³-hybridized carbons (Fsp3) is 0.0714. The van der Waals surface area contributed by atoms with Gasteiger partial charge in [-0.2, -0.15) is 18.5 Å². The van der Waals surface area contributed by atoms with Gasteiger partial charge in [-0.05, 0) is 59.7 Å². The van der Waals surface area contributed by atoms with Crippen molar-refractivity contribution < 1.29 is 8.42 Å². The third-order valence-electron chi connectivity index (χ3n) is 6.00. The van der Waals surface area contributed by atoms with E-state index in [2.05, 4.69) is 14.4 Å². The van der Waals surface area contributed by atoms with Gasteiger partial charge in [-0.15, -0.1) is 4.40 Å². The average Bonchev–Trinajstić information content (AvgIpc) is 3.40. The smallest absolute Gasteiger partial charge is 0.285 e. The van der Waals surface area contributed by atoms with Crippen LogP contribution in [0.3, 0.4) is 0 Å². The van der Waals surface area contributed by atoms with Crippen molar-refractivity contribution in [1.82, 2.24) is 9.99 Å². The molecule has 0 radical (unpaired) electrons. The summed E-state index contributed by atoms with van der Waals surface area (Å²) < 4.78 is 30.7. The summed E-state index contributed by atoms with van der Waals surface area (Å²) >= 11 is 12.1. The molecule has 0 unspecified atom stereocenters. The molecule has 11 heteroatoms. The van der Waals surface area contributed by atoms with Crippen molar-refractivity contribution in [1.29, 1.82) is 0 Å². The Kier molecular flexibility index (Phi) is 7.74. The summed E-state index contributed by atoms with van der Waals surface area (Å²) in [5.41, 5.74) is 9.40. The highest BCUT2D eigenvalue weighted by molar-refractivity contribution is 7.90. The Labute approximate surface area is 236 Å². The monoisotopic (exact) mass is 576 g/mol. The van der Waals surface area contributed by atoms with Crippen LogP contribution >= 0.6 is 23.2 Å². The first-order valence-electron chi connectivity index (χ1n) is 11.8. The van der Waals surface area contributed by atoms with Gasteiger partial charge in [0.1, 0.15) is 5.84 Å². The van der Waals surface area contributed by atoms with Crippen LogP contribution in [-0.4, -0.2) is 42.5 Å². The van der Waals surface area contributed by atoms with Gasteiger partial charge < -0.3 is 5.73 Å². The highest BCUT2D eigenvalue weighted by atomic mass is 35.5. The normalized spacial score (nSPS) is 16.3. The fourth-order valence-corrected chi connectivity index (χ4v) is 5.23. The molecule has 1 atom stereocenters. The number of halogens is 2. The van der Waals surface area contributed by atoms with Gasteiger partial charge in [0.15, 0.2) is 0 Å². The number of sulfonamides is 1. The van der Waals surface area contributed by atoms with Crippen LogP contribution in [0.2, 0.25) is 10.0 Å². The highest BCUT2D eigenvalue weighted by Gasteiger charge is 2.32. The van der Waals surface area contributed by atoms with Crippen LogP contribution in [0, 0.1) is 0 Å². The molecule has 1 aromatic heterocycles. The number of guanidine groups is 1. The first kappa shape index (κ1) is 26.6. The van der Waals surface area contributed by atoms with E-state index in [4.69, 9.17) is 34.0 Å². The van der Waals surface area contributed by atoms with Crippen molar-refractivity contribution >= 4 is 50.7 Å². The summed E-state index contributed by atoms with van der Waals surface area (Å²) in [6.45, 7) is 0.282. The van der Waals surface area contributed by atoms with Crippen LogP contribution in [0.15, 0.2) is 123 Å². The number of amidine groups is 1. The minimum atomic E-state index is -4.19. The van der Waals surface area contributed by atoms with E-state index in [0.29, 0.717) is 21.3 Å². The number of hydrazone groups is 1. The molecule has 39 heavy (non-hydrogen) atoms. The van der Waals surface area contributed by atoms with Crippen molar-refractivity contribution in [3.63, 3.8) is 0 Å². The Morgan fingerprint density at radius 3 is 2.13 bits per heavy atom. The number of aliphatic imine (C=N–C) groups is 1. The zero-order chi connectivity index (χ0) is 27.4. The molecule has 2 N–H and O–H groups in total. The first-order valence-corrected chi connectivity index (χ1v) is 14.0. The lowest BCUT2D eigenvalue weighted by Gasteiger charge is -2.16. The molecule has 0 saturated carbocycles. The third kappa shape index (κ3) is 6.17. The molecule has 4 aromatic rings. The third-order valence-corrected chi connectivity index (χ3v) is 7.77. The second-order valence-corrected chi connectivity index (χ2v) is 11.1. The van der Waals surface area contributed by atoms with E-state index in [0.717, 1.165) is 11.1 Å². The number of hydrogen-bond acceptors (Lipinski definition) is 4. The van der Waals surface area contributed by atoms with Gasteiger partial charge in [0, 0.05) is 33.9 Å². The van der Waals surface area contributed by atoms with Crippen molar-refractivity contribution in [2.24, 2.45) is 20.2 Å². The molecule has 0 fully saturated rings. The molecule has 0 bridgehead atoms. The lowest BCUT2D eigenvalue weighted by atomic mass is 9.91. The average molecular weight is 577 g/mol. The molecule has 0 spiro atoms. The van der Waals surface area contributed by atoms with Crippen LogP contribution in [0.5, 0.6) is 0 Å². The Morgan fingerprint density at radius 2 is 1.49 bits per heavy atom. The van der Waals surface area contributed by atoms with E-state index < -0.39 is 10.0 Å². The highest BCUT2D eigenvalue weighted by Crippen LogP contribution is 2.30. The van der Waals surface area contributed by atoms with Crippen LogP contribution in [0.25, 0.3) is 0 Å². The number of pyridine rings is 1. The standard InChI is InChI=1S/C28H22Cl2N6O2S/c29-22-8-6-20(7-9-22)26-25(19-4-2-1-3-5-19)18-36(34-26)28(33-27(31)21-14-16-32-17-15-21)35-39(37,38)24-12-10-23(30)11-13-24/h1-17,25H,18H2,(H2,31,33,35)/t25-/m1/s1. The number of nitrogens with zero attached hydrogens (tertiary/aromatic N) is 5. The van der Waals surface area contributed by atoms with Gasteiger partial charge in [-0.1, -0.05) is 65.7 Å². The molecule has 8 nitrogen and oxygen atoms in total. The second-order valence-electron chi connectivity index (χ2n) is 8.59. The van der Waals surface area contributed by atoms with Crippen LogP contribution in [-0.2, 0) is 10.0 Å². The summed E-state index contributed by atoms with van der Waals surface area (Å²) in [7, 11) is -4.19. The second kappa shape index (κ2) is 11.4. The number of nitrogens with two attached hydrogens (primary N) is 1. The van der Waals surface area contributed by atoms with E-state index in [1.54, 1.807) is 36.7 Å². The summed E-state index contributed by atoms with van der Waals surface area (Å²) in [5, 5.41) is 7.26. The lowest BCUT2D eigenvalue weighted by molar-refractivity contribution is 0.470. The number of benzene rings is 3. The molecule has 0 aliphatic carbocycles. The number of rotatable bonds is 5. The first-order chi connectivity index (χ1) is 18.8. The predicted molar refractivity (Wildman–Crippen MR) is 155 cm³/mol. The number of aromatic nitrogens is 1. The molecule has 0 amide bonds. The maximum Gasteiger partial charge on any atom is 0.285 e. The Hall–Kier alpha value is -4.05. The molecule has 1 aliphatic rings. The topological polar surface area (TPSA) is 113 Å². The van der Waals surface area contributed by atoms with Crippen LogP contribution in [0.1, 0.15) is 22.6 Å². The Balaban J connectivity index is 1.63. The quantitative estimate of drug-likeness (QED) is 0.254. The molecule has 196 valence electrons. The summed E-state index contributed by atoms with van der Waals surface area (Å²) in [6.07, 6.45) is 3.13. The van der Waals surface area contributed by atoms with Gasteiger partial charge in [-0.3, -0.25) is 4.98 Å². The van der Waals surface area contributed by atoms with Crippen molar-refractivity contribution in [2.45, 2.75) is 10.8 Å². The van der Waals surface area contributed by atoms with E-state index in [1.165, 1.54) is 29.3 Å². The molecule has 5 rings (SSSR count). The minimum Gasteiger partial charge on any atom is -0.383 e. The maximum atomic E-state index is 13.3. The zero-order valence-corrected chi connectivity index (χ0v) is 22.7. The SMILES string of the molecule is N/C(=N\C(=N/S(=O)(=O)c1ccc(Cl)cc1)N1C[C@H](c2ccccc2)C(c2ccc(Cl)cc2)=N1)c1ccncc1. The largest absolute Gasteiger partial charge is 0.383 e. The Morgan fingerprint density at radius 1 is 0.872 bits per heavy atom. The van der Waals surface area contributed by atoms with Gasteiger partial charge in [0.05, 0.1) is 17.2 Å². The zero-order valence-electron chi connectivity index (χ0n) is 20.4. The van der Waals surface area contributed by atoms with Gasteiger partial charge in [0.25, 0.3) is 16.0 Å². The van der Waals surface area contributed by atoms with Gasteiger partial charge >= 0.3 is 0 Å². The summed E-state index contributed by atoms with van der Waals surface area (Å²) in [6, 6.07) is 26.2. The van der Waals surface area contributed by atoms with E-state index >= 15 is 0 Å². The Bertz CT molecular complexity index is 1660. The predicted octanol–water partition coefficient (Wildman–Crippen LogP) is 5.34. The maximum absolute atomic E-state index is 13.3. The molecular weight excluding hydrogens is 555 g/mol. The van der Waals surface area contributed by atoms with Crippen LogP contribution in [0.4, 0.5) is 0 Å². The van der Waals surface area contributed by atoms with Crippen molar-refractivity contribution in [3.8, 4) is 0 Å². The molecule has 3 aromatic carbocycles. The van der Waals surface area contributed by atoms with Crippen LogP contribution < -0.4 is 5.73 Å². The van der Waals surface area contributed by atoms with E-state index in [9.17, 15) is 8.42 Å².